The Hall–Kier alpha value is -2.02. The predicted octanol–water partition coefficient (Wildman–Crippen LogP) is 2.64. The zero-order valence-electron chi connectivity index (χ0n) is 9.28. The molecule has 1 aromatic heterocycles. The fourth-order valence-corrected chi connectivity index (χ4v) is 1.61. The summed E-state index contributed by atoms with van der Waals surface area (Å²) in [6.45, 7) is 0. The molecule has 0 saturated carbocycles. The van der Waals surface area contributed by atoms with Gasteiger partial charge in [0.05, 0.1) is 5.69 Å². The van der Waals surface area contributed by atoms with E-state index in [4.69, 9.17) is 17.3 Å². The number of hydrogen-bond acceptors (Lipinski definition) is 2. The van der Waals surface area contributed by atoms with E-state index in [1.807, 2.05) is 0 Å². The van der Waals surface area contributed by atoms with Gasteiger partial charge in [0, 0.05) is 11.1 Å². The molecule has 0 unspecified atom stereocenters. The predicted molar refractivity (Wildman–Crippen MR) is 62.1 cm³/mol. The van der Waals surface area contributed by atoms with Crippen LogP contribution in [0.4, 0.5) is 13.2 Å². The highest BCUT2D eigenvalue weighted by atomic mass is 35.5. The number of nitrogens with two attached hydrogens (primary N) is 1. The van der Waals surface area contributed by atoms with Crippen LogP contribution in [-0.2, 0) is 6.18 Å². The lowest BCUT2D eigenvalue weighted by Crippen LogP contribution is -2.13. The van der Waals surface area contributed by atoms with Gasteiger partial charge in [0.15, 0.2) is 5.69 Å². The molecule has 100 valence electrons. The molecule has 2 rings (SSSR count). The highest BCUT2D eigenvalue weighted by molar-refractivity contribution is 6.30. The van der Waals surface area contributed by atoms with E-state index >= 15 is 0 Å². The third-order valence-electron chi connectivity index (χ3n) is 2.32. The molecule has 0 radical (unpaired) electrons. The first kappa shape index (κ1) is 13.4. The smallest absolute Gasteiger partial charge is 0.364 e. The summed E-state index contributed by atoms with van der Waals surface area (Å²) in [5.41, 5.74) is 3.53. The van der Waals surface area contributed by atoms with Crippen LogP contribution in [0.2, 0.25) is 5.02 Å². The zero-order valence-corrected chi connectivity index (χ0v) is 10.0. The third-order valence-corrected chi connectivity index (χ3v) is 2.58. The lowest BCUT2D eigenvalue weighted by Gasteiger charge is -2.09. The van der Waals surface area contributed by atoms with Gasteiger partial charge in [-0.2, -0.15) is 18.3 Å². The fourth-order valence-electron chi connectivity index (χ4n) is 1.48. The van der Waals surface area contributed by atoms with Crippen molar-refractivity contribution >= 4 is 17.5 Å². The summed E-state index contributed by atoms with van der Waals surface area (Å²) in [5.74, 6) is -1.03. The number of amides is 1. The van der Waals surface area contributed by atoms with Gasteiger partial charge in [0.2, 0.25) is 0 Å². The van der Waals surface area contributed by atoms with Crippen LogP contribution in [-0.4, -0.2) is 15.7 Å². The van der Waals surface area contributed by atoms with Gasteiger partial charge < -0.3 is 5.73 Å². The first-order chi connectivity index (χ1) is 8.79. The maximum absolute atomic E-state index is 12.9. The summed E-state index contributed by atoms with van der Waals surface area (Å²) in [6, 6.07) is 6.16. The maximum Gasteiger partial charge on any atom is 0.433 e. The molecule has 0 saturated heterocycles. The lowest BCUT2D eigenvalue weighted by atomic mass is 10.3. The molecule has 1 amide bonds. The largest absolute Gasteiger partial charge is 0.433 e. The van der Waals surface area contributed by atoms with Gasteiger partial charge in [0.1, 0.15) is 5.69 Å². The van der Waals surface area contributed by atoms with Gasteiger partial charge in [-0.05, 0) is 24.3 Å². The molecule has 2 N–H and O–H groups in total. The molecule has 4 nitrogen and oxygen atoms in total. The summed E-state index contributed by atoms with van der Waals surface area (Å²) in [5, 5.41) is 3.93. The lowest BCUT2D eigenvalue weighted by molar-refractivity contribution is -0.142. The molecule has 0 bridgehead atoms. The maximum atomic E-state index is 12.9. The minimum atomic E-state index is -4.65. The van der Waals surface area contributed by atoms with Gasteiger partial charge in [-0.3, -0.25) is 4.79 Å². The number of nitrogens with zero attached hydrogens (tertiary/aromatic N) is 2. The van der Waals surface area contributed by atoms with Crippen LogP contribution in [0.25, 0.3) is 5.69 Å². The second-order valence-electron chi connectivity index (χ2n) is 3.67. The van der Waals surface area contributed by atoms with E-state index in [0.717, 1.165) is 0 Å². The topological polar surface area (TPSA) is 60.9 Å². The van der Waals surface area contributed by atoms with Crippen molar-refractivity contribution in [2.24, 2.45) is 5.73 Å². The number of rotatable bonds is 2. The molecule has 1 heterocycles. The van der Waals surface area contributed by atoms with Gasteiger partial charge in [0.25, 0.3) is 5.91 Å². The summed E-state index contributed by atoms with van der Waals surface area (Å²) in [4.78, 5) is 10.9. The van der Waals surface area contributed by atoms with Crippen molar-refractivity contribution in [1.82, 2.24) is 9.78 Å². The van der Waals surface area contributed by atoms with Crippen LogP contribution in [0.1, 0.15) is 16.2 Å². The first-order valence-electron chi connectivity index (χ1n) is 5.02. The van der Waals surface area contributed by atoms with E-state index in [0.29, 0.717) is 15.8 Å². The minimum absolute atomic E-state index is 0.129. The van der Waals surface area contributed by atoms with Crippen molar-refractivity contribution in [3.05, 3.63) is 46.7 Å². The van der Waals surface area contributed by atoms with E-state index in [9.17, 15) is 18.0 Å². The zero-order chi connectivity index (χ0) is 14.2. The van der Waals surface area contributed by atoms with Crippen LogP contribution in [0.15, 0.2) is 30.3 Å². The molecule has 0 spiro atoms. The van der Waals surface area contributed by atoms with Crippen molar-refractivity contribution in [2.75, 3.05) is 0 Å². The number of hydrogen-bond donors (Lipinski definition) is 1. The van der Waals surface area contributed by atoms with Gasteiger partial charge in [-0.15, -0.1) is 0 Å². The van der Waals surface area contributed by atoms with E-state index in [-0.39, 0.29) is 5.69 Å². The Morgan fingerprint density at radius 2 is 1.84 bits per heavy atom. The minimum Gasteiger partial charge on any atom is -0.364 e. The van der Waals surface area contributed by atoms with Crippen LogP contribution in [0.3, 0.4) is 0 Å². The van der Waals surface area contributed by atoms with Crippen molar-refractivity contribution in [3.63, 3.8) is 0 Å². The van der Waals surface area contributed by atoms with Crippen LogP contribution >= 0.6 is 11.6 Å². The third kappa shape index (κ3) is 2.70. The Morgan fingerprint density at radius 3 is 2.32 bits per heavy atom. The average Bonchev–Trinajstić information content (AvgIpc) is 2.74. The van der Waals surface area contributed by atoms with E-state index in [1.165, 1.54) is 24.3 Å². The Kier molecular flexibility index (Phi) is 3.23. The summed E-state index contributed by atoms with van der Waals surface area (Å²) < 4.78 is 39.2. The summed E-state index contributed by atoms with van der Waals surface area (Å²) in [6.07, 6.45) is -4.65. The monoisotopic (exact) mass is 289 g/mol. The van der Waals surface area contributed by atoms with Crippen molar-refractivity contribution < 1.29 is 18.0 Å². The molecule has 8 heteroatoms. The highest BCUT2D eigenvalue weighted by Crippen LogP contribution is 2.31. The average molecular weight is 290 g/mol. The molecule has 0 fully saturated rings. The van der Waals surface area contributed by atoms with Crippen molar-refractivity contribution in [2.45, 2.75) is 6.18 Å². The van der Waals surface area contributed by atoms with E-state index in [2.05, 4.69) is 5.10 Å². The second-order valence-corrected chi connectivity index (χ2v) is 4.10. The van der Waals surface area contributed by atoms with Crippen molar-refractivity contribution in [1.29, 1.82) is 0 Å². The van der Waals surface area contributed by atoms with E-state index in [1.54, 1.807) is 0 Å². The standard InChI is InChI=1S/C11H7ClF3N3O/c12-6-1-3-7(4-2-6)18-9(11(13,14)15)5-8(17-18)10(16)19/h1-5H,(H2,16,19). The van der Waals surface area contributed by atoms with Crippen LogP contribution in [0.5, 0.6) is 0 Å². The molecule has 0 atom stereocenters. The SMILES string of the molecule is NC(=O)c1cc(C(F)(F)F)n(-c2ccc(Cl)cc2)n1. The number of primary amides is 1. The number of carbonyl (C=O) groups is 1. The number of benzene rings is 1. The molecule has 0 aliphatic rings. The van der Waals surface area contributed by atoms with Gasteiger partial charge in [-0.1, -0.05) is 11.6 Å². The van der Waals surface area contributed by atoms with Crippen LogP contribution in [0, 0.1) is 0 Å². The summed E-state index contributed by atoms with van der Waals surface area (Å²) >= 11 is 5.66. The molecular formula is C11H7ClF3N3O. The Morgan fingerprint density at radius 1 is 1.26 bits per heavy atom. The Bertz CT molecular complexity index is 619. The molecule has 0 aliphatic carbocycles. The second kappa shape index (κ2) is 4.58. The Labute approximate surface area is 110 Å². The van der Waals surface area contributed by atoms with E-state index < -0.39 is 23.5 Å². The summed E-state index contributed by atoms with van der Waals surface area (Å²) in [7, 11) is 0. The first-order valence-corrected chi connectivity index (χ1v) is 5.40. The molecule has 2 aromatic rings. The number of halogens is 4. The molecular weight excluding hydrogens is 283 g/mol. The number of aromatic nitrogens is 2. The normalized spacial score (nSPS) is 11.6. The highest BCUT2D eigenvalue weighted by Gasteiger charge is 2.36. The van der Waals surface area contributed by atoms with Gasteiger partial charge >= 0.3 is 6.18 Å². The molecule has 0 aliphatic heterocycles. The molecule has 19 heavy (non-hydrogen) atoms. The molecule has 1 aromatic carbocycles. The fraction of sp³-hybridized carbons (Fsp3) is 0.0909. The number of carbonyl (C=O) groups excluding carboxylic acids is 1. The van der Waals surface area contributed by atoms with Crippen molar-refractivity contribution in [3.8, 4) is 5.69 Å². The van der Waals surface area contributed by atoms with Crippen LogP contribution < -0.4 is 5.73 Å². The number of alkyl halides is 3. The quantitative estimate of drug-likeness (QED) is 0.924. The van der Waals surface area contributed by atoms with Gasteiger partial charge in [-0.25, -0.2) is 4.68 Å². The Balaban J connectivity index is 2.61.